The van der Waals surface area contributed by atoms with Crippen LogP contribution in [0.4, 0.5) is 0 Å². The average molecular weight is 295 g/mol. The minimum atomic E-state index is -0.713. The zero-order valence-electron chi connectivity index (χ0n) is 12.6. The van der Waals surface area contributed by atoms with Crippen molar-refractivity contribution < 1.29 is 9.90 Å². The number of benzene rings is 1. The van der Waals surface area contributed by atoms with Crippen molar-refractivity contribution in [1.29, 1.82) is 0 Å². The first-order chi connectivity index (χ1) is 10.8. The third-order valence-electron chi connectivity index (χ3n) is 4.62. The average Bonchev–Trinajstić information content (AvgIpc) is 2.57. The summed E-state index contributed by atoms with van der Waals surface area (Å²) in [5.74, 6) is -0.912. The maximum Gasteiger partial charge on any atom is 0.311 e. The largest absolute Gasteiger partial charge is 0.481 e. The van der Waals surface area contributed by atoms with Crippen molar-refractivity contribution in [1.82, 2.24) is 4.98 Å². The van der Waals surface area contributed by atoms with E-state index >= 15 is 0 Å². The van der Waals surface area contributed by atoms with Crippen molar-refractivity contribution in [3.63, 3.8) is 0 Å². The summed E-state index contributed by atoms with van der Waals surface area (Å²) in [4.78, 5) is 16.4. The summed E-state index contributed by atoms with van der Waals surface area (Å²) in [6, 6.07) is 13.6. The molecule has 3 nitrogen and oxygen atoms in total. The molecule has 0 radical (unpaired) electrons. The molecule has 3 rings (SSSR count). The van der Waals surface area contributed by atoms with Crippen LogP contribution in [0.5, 0.6) is 0 Å². The number of pyridine rings is 1. The molecule has 0 spiro atoms. The van der Waals surface area contributed by atoms with Crippen LogP contribution in [0.2, 0.25) is 0 Å². The second kappa shape index (κ2) is 6.73. The van der Waals surface area contributed by atoms with E-state index in [9.17, 15) is 9.90 Å². The molecule has 0 amide bonds. The number of hydrogen-bond donors (Lipinski definition) is 1. The first-order valence-corrected chi connectivity index (χ1v) is 8.00. The third kappa shape index (κ3) is 3.03. The van der Waals surface area contributed by atoms with E-state index < -0.39 is 11.9 Å². The first kappa shape index (κ1) is 14.8. The molecule has 1 aliphatic rings. The Morgan fingerprint density at radius 2 is 1.77 bits per heavy atom. The molecule has 1 unspecified atom stereocenters. The van der Waals surface area contributed by atoms with E-state index in [1.807, 2.05) is 42.5 Å². The minimum absolute atomic E-state index is 0.233. The molecular formula is C19H21NO2. The number of hydrogen-bond acceptors (Lipinski definition) is 2. The van der Waals surface area contributed by atoms with Gasteiger partial charge in [0.25, 0.3) is 0 Å². The molecule has 1 N–H and O–H groups in total. The monoisotopic (exact) mass is 295 g/mol. The van der Waals surface area contributed by atoms with Crippen molar-refractivity contribution in [2.45, 2.75) is 38.0 Å². The normalized spacial score (nSPS) is 17.1. The standard InChI is InChI=1S/C19H21NO2/c21-19(22)18(14-8-2-1-3-9-14)16-11-5-4-10-15(16)17-12-6-7-13-20-17/h4-7,10-14,18H,1-3,8-9H2,(H,21,22). The molecule has 1 aromatic carbocycles. The molecule has 1 fully saturated rings. The van der Waals surface area contributed by atoms with Crippen LogP contribution in [-0.2, 0) is 4.79 Å². The summed E-state index contributed by atoms with van der Waals surface area (Å²) in [6.07, 6.45) is 7.27. The number of carbonyl (C=O) groups is 1. The second-order valence-corrected chi connectivity index (χ2v) is 6.02. The lowest BCUT2D eigenvalue weighted by Gasteiger charge is -2.29. The summed E-state index contributed by atoms with van der Waals surface area (Å²) in [5.41, 5.74) is 2.70. The van der Waals surface area contributed by atoms with Crippen LogP contribution < -0.4 is 0 Å². The van der Waals surface area contributed by atoms with Crippen molar-refractivity contribution in [3.05, 3.63) is 54.2 Å². The van der Waals surface area contributed by atoms with E-state index in [2.05, 4.69) is 4.98 Å². The highest BCUT2D eigenvalue weighted by atomic mass is 16.4. The lowest BCUT2D eigenvalue weighted by molar-refractivity contribution is -0.140. The molecule has 1 saturated carbocycles. The predicted molar refractivity (Wildman–Crippen MR) is 86.6 cm³/mol. The molecule has 0 bridgehead atoms. The fourth-order valence-electron chi connectivity index (χ4n) is 3.58. The van der Waals surface area contributed by atoms with Gasteiger partial charge in [-0.2, -0.15) is 0 Å². The van der Waals surface area contributed by atoms with Gasteiger partial charge in [0.2, 0.25) is 0 Å². The zero-order valence-corrected chi connectivity index (χ0v) is 12.6. The van der Waals surface area contributed by atoms with E-state index in [4.69, 9.17) is 0 Å². The van der Waals surface area contributed by atoms with E-state index in [1.54, 1.807) is 6.20 Å². The molecule has 1 atom stereocenters. The maximum absolute atomic E-state index is 12.0. The molecule has 3 heteroatoms. The number of aliphatic carboxylic acids is 1. The molecule has 0 aliphatic heterocycles. The van der Waals surface area contributed by atoms with Crippen molar-refractivity contribution in [2.24, 2.45) is 5.92 Å². The Morgan fingerprint density at radius 1 is 1.05 bits per heavy atom. The fourth-order valence-corrected chi connectivity index (χ4v) is 3.58. The first-order valence-electron chi connectivity index (χ1n) is 8.00. The Hall–Kier alpha value is -2.16. The van der Waals surface area contributed by atoms with Crippen LogP contribution in [-0.4, -0.2) is 16.1 Å². The van der Waals surface area contributed by atoms with Crippen LogP contribution in [0, 0.1) is 5.92 Å². The highest BCUT2D eigenvalue weighted by molar-refractivity contribution is 5.80. The van der Waals surface area contributed by atoms with Crippen molar-refractivity contribution >= 4 is 5.97 Å². The summed E-state index contributed by atoms with van der Waals surface area (Å²) >= 11 is 0. The highest BCUT2D eigenvalue weighted by Gasteiger charge is 2.32. The number of rotatable bonds is 4. The lowest BCUT2D eigenvalue weighted by atomic mass is 9.75. The van der Waals surface area contributed by atoms with Crippen LogP contribution in [0.25, 0.3) is 11.3 Å². The Labute approximate surface area is 131 Å². The summed E-state index contributed by atoms with van der Waals surface area (Å²) in [5, 5.41) is 9.83. The van der Waals surface area contributed by atoms with E-state index in [0.717, 1.165) is 42.5 Å². The van der Waals surface area contributed by atoms with Gasteiger partial charge in [-0.25, -0.2) is 0 Å². The van der Waals surface area contributed by atoms with Gasteiger partial charge >= 0.3 is 5.97 Å². The molecule has 1 heterocycles. The highest BCUT2D eigenvalue weighted by Crippen LogP contribution is 2.39. The Kier molecular flexibility index (Phi) is 4.52. The van der Waals surface area contributed by atoms with Gasteiger partial charge in [0.05, 0.1) is 11.6 Å². The summed E-state index contributed by atoms with van der Waals surface area (Å²) in [6.45, 7) is 0. The molecule has 1 aromatic heterocycles. The third-order valence-corrected chi connectivity index (χ3v) is 4.62. The van der Waals surface area contributed by atoms with E-state index in [1.165, 1.54) is 6.42 Å². The van der Waals surface area contributed by atoms with E-state index in [0.29, 0.717) is 0 Å². The van der Waals surface area contributed by atoms with Gasteiger partial charge in [-0.15, -0.1) is 0 Å². The van der Waals surface area contributed by atoms with Crippen molar-refractivity contribution in [3.8, 4) is 11.3 Å². The Balaban J connectivity index is 2.03. The molecular weight excluding hydrogens is 274 g/mol. The smallest absolute Gasteiger partial charge is 0.311 e. The van der Waals surface area contributed by atoms with Gasteiger partial charge in [0.15, 0.2) is 0 Å². The van der Waals surface area contributed by atoms with Gasteiger partial charge in [0, 0.05) is 11.8 Å². The van der Waals surface area contributed by atoms with Gasteiger partial charge in [-0.1, -0.05) is 49.6 Å². The Morgan fingerprint density at radius 3 is 2.45 bits per heavy atom. The zero-order chi connectivity index (χ0) is 15.4. The molecule has 0 saturated heterocycles. The van der Waals surface area contributed by atoms with E-state index in [-0.39, 0.29) is 5.92 Å². The van der Waals surface area contributed by atoms with Crippen LogP contribution in [0.3, 0.4) is 0 Å². The molecule has 1 aliphatic carbocycles. The summed E-state index contributed by atoms with van der Waals surface area (Å²) < 4.78 is 0. The summed E-state index contributed by atoms with van der Waals surface area (Å²) in [7, 11) is 0. The number of nitrogens with zero attached hydrogens (tertiary/aromatic N) is 1. The molecule has 114 valence electrons. The van der Waals surface area contributed by atoms with Gasteiger partial charge < -0.3 is 5.11 Å². The quantitative estimate of drug-likeness (QED) is 0.903. The molecule has 22 heavy (non-hydrogen) atoms. The van der Waals surface area contributed by atoms with Crippen molar-refractivity contribution in [2.75, 3.05) is 0 Å². The topological polar surface area (TPSA) is 50.2 Å². The van der Waals surface area contributed by atoms with Crippen LogP contribution in [0.1, 0.15) is 43.6 Å². The maximum atomic E-state index is 12.0. The number of carboxylic acid groups (broad SMARTS) is 1. The van der Waals surface area contributed by atoms with Gasteiger partial charge in [0.1, 0.15) is 0 Å². The SMILES string of the molecule is O=C(O)C(c1ccccc1-c1ccccn1)C1CCCCC1. The fraction of sp³-hybridized carbons (Fsp3) is 0.368. The van der Waals surface area contributed by atoms with Gasteiger partial charge in [-0.3, -0.25) is 9.78 Å². The second-order valence-electron chi connectivity index (χ2n) is 6.02. The number of carboxylic acids is 1. The van der Waals surface area contributed by atoms with Crippen LogP contribution in [0.15, 0.2) is 48.7 Å². The number of aromatic nitrogens is 1. The predicted octanol–water partition coefficient (Wildman–Crippen LogP) is 4.50. The van der Waals surface area contributed by atoms with Crippen LogP contribution >= 0.6 is 0 Å². The molecule has 2 aromatic rings. The minimum Gasteiger partial charge on any atom is -0.481 e. The lowest BCUT2D eigenvalue weighted by Crippen LogP contribution is -2.24. The van der Waals surface area contributed by atoms with Gasteiger partial charge in [-0.05, 0) is 36.5 Å². The Bertz CT molecular complexity index is 633.